The van der Waals surface area contributed by atoms with Crippen molar-refractivity contribution in [3.05, 3.63) is 70.2 Å². The van der Waals surface area contributed by atoms with E-state index in [-0.39, 0.29) is 24.2 Å². The molecule has 0 saturated carbocycles. The van der Waals surface area contributed by atoms with Crippen LogP contribution in [-0.4, -0.2) is 17.6 Å². The maximum Gasteiger partial charge on any atom is 0.271 e. The van der Waals surface area contributed by atoms with E-state index in [1.807, 2.05) is 12.1 Å². The molecule has 0 aromatic heterocycles. The third kappa shape index (κ3) is 5.70. The van der Waals surface area contributed by atoms with Crippen molar-refractivity contribution < 1.29 is 14.4 Å². The number of rotatable bonds is 7. The number of hydrogen-bond acceptors (Lipinski definition) is 3. The van der Waals surface area contributed by atoms with E-state index in [0.29, 0.717) is 10.6 Å². The molecule has 0 aliphatic rings. The number of hydrogen-bond donors (Lipinski definition) is 2. The van der Waals surface area contributed by atoms with Crippen LogP contribution in [0.5, 0.6) is 0 Å². The van der Waals surface area contributed by atoms with Gasteiger partial charge in [-0.2, -0.15) is 0 Å². The highest BCUT2D eigenvalue weighted by Crippen LogP contribution is 2.14. The molecule has 0 unspecified atom stereocenters. The molecule has 0 bridgehead atoms. The van der Waals surface area contributed by atoms with Gasteiger partial charge in [0.25, 0.3) is 5.91 Å². The van der Waals surface area contributed by atoms with Crippen LogP contribution in [0.15, 0.2) is 48.5 Å². The Morgan fingerprint density at radius 2 is 1.62 bits per heavy atom. The van der Waals surface area contributed by atoms with E-state index in [1.54, 1.807) is 36.4 Å². The van der Waals surface area contributed by atoms with Gasteiger partial charge in [0.2, 0.25) is 5.91 Å². The highest BCUT2D eigenvalue weighted by molar-refractivity contribution is 6.33. The van der Waals surface area contributed by atoms with Gasteiger partial charge in [-0.25, -0.2) is 0 Å². The molecule has 0 saturated heterocycles. The van der Waals surface area contributed by atoms with Crippen molar-refractivity contribution in [3.63, 3.8) is 0 Å². The van der Waals surface area contributed by atoms with Gasteiger partial charge in [-0.3, -0.25) is 25.2 Å². The Labute approximate surface area is 157 Å². The third-order valence-electron chi connectivity index (χ3n) is 3.83. The summed E-state index contributed by atoms with van der Waals surface area (Å²) >= 11 is 5.92. The van der Waals surface area contributed by atoms with Crippen LogP contribution in [0.2, 0.25) is 5.02 Å². The van der Waals surface area contributed by atoms with Crippen molar-refractivity contribution in [1.29, 1.82) is 0 Å². The topological polar surface area (TPSA) is 75.3 Å². The van der Waals surface area contributed by atoms with Crippen molar-refractivity contribution in [1.82, 2.24) is 10.9 Å². The van der Waals surface area contributed by atoms with E-state index in [1.165, 1.54) is 5.56 Å². The summed E-state index contributed by atoms with van der Waals surface area (Å²) in [5, 5.41) is 0.293. The molecule has 2 amide bonds. The summed E-state index contributed by atoms with van der Waals surface area (Å²) in [4.78, 5) is 35.9. The number of carbonyl (C=O) groups is 3. The first kappa shape index (κ1) is 19.7. The largest absolute Gasteiger partial charge is 0.294 e. The van der Waals surface area contributed by atoms with Gasteiger partial charge < -0.3 is 0 Å². The number of nitrogens with one attached hydrogen (secondary N) is 2. The van der Waals surface area contributed by atoms with E-state index in [4.69, 9.17) is 11.6 Å². The number of ketones is 1. The Bertz CT molecular complexity index is 788. The van der Waals surface area contributed by atoms with Crippen molar-refractivity contribution >= 4 is 29.2 Å². The standard InChI is InChI=1S/C20H21ClN2O3/c1-2-5-14-8-10-15(11-9-14)18(24)12-13-19(25)22-23-20(26)16-6-3-4-7-17(16)21/h3-4,6-11H,2,5,12-13H2,1H3,(H,22,25)(H,23,26). The summed E-state index contributed by atoms with van der Waals surface area (Å²) in [7, 11) is 0. The van der Waals surface area contributed by atoms with Crippen LogP contribution in [-0.2, 0) is 11.2 Å². The molecule has 2 aromatic carbocycles. The van der Waals surface area contributed by atoms with Crippen LogP contribution in [0.1, 0.15) is 52.5 Å². The summed E-state index contributed by atoms with van der Waals surface area (Å²) in [5.74, 6) is -1.07. The van der Waals surface area contributed by atoms with E-state index in [2.05, 4.69) is 17.8 Å². The maximum absolute atomic E-state index is 12.1. The summed E-state index contributed by atoms with van der Waals surface area (Å²) in [5.41, 5.74) is 6.61. The lowest BCUT2D eigenvalue weighted by Gasteiger charge is -2.08. The predicted octanol–water partition coefficient (Wildman–Crippen LogP) is 3.72. The van der Waals surface area contributed by atoms with E-state index >= 15 is 0 Å². The molecular formula is C20H21ClN2O3. The van der Waals surface area contributed by atoms with E-state index < -0.39 is 11.8 Å². The molecule has 0 aliphatic heterocycles. The smallest absolute Gasteiger partial charge is 0.271 e. The van der Waals surface area contributed by atoms with E-state index in [9.17, 15) is 14.4 Å². The molecular weight excluding hydrogens is 352 g/mol. The highest BCUT2D eigenvalue weighted by Gasteiger charge is 2.12. The molecule has 6 heteroatoms. The minimum atomic E-state index is -0.512. The predicted molar refractivity (Wildman–Crippen MR) is 101 cm³/mol. The minimum absolute atomic E-state index is 0.0155. The fourth-order valence-electron chi connectivity index (χ4n) is 2.42. The molecule has 0 aliphatic carbocycles. The van der Waals surface area contributed by atoms with Crippen LogP contribution in [0.4, 0.5) is 0 Å². The molecule has 0 spiro atoms. The quantitative estimate of drug-likeness (QED) is 0.574. The Kier molecular flexibility index (Phi) is 7.36. The number of halogens is 1. The molecule has 26 heavy (non-hydrogen) atoms. The van der Waals surface area contributed by atoms with Crippen LogP contribution in [0.25, 0.3) is 0 Å². The maximum atomic E-state index is 12.1. The van der Waals surface area contributed by atoms with Crippen LogP contribution in [0.3, 0.4) is 0 Å². The molecule has 0 heterocycles. The van der Waals surface area contributed by atoms with Gasteiger partial charge in [0.1, 0.15) is 0 Å². The molecule has 2 rings (SSSR count). The fourth-order valence-corrected chi connectivity index (χ4v) is 2.64. The first-order chi connectivity index (χ1) is 12.5. The minimum Gasteiger partial charge on any atom is -0.294 e. The van der Waals surface area contributed by atoms with Crippen molar-refractivity contribution in [2.24, 2.45) is 0 Å². The molecule has 2 N–H and O–H groups in total. The first-order valence-corrected chi connectivity index (χ1v) is 8.85. The van der Waals surface area contributed by atoms with E-state index in [0.717, 1.165) is 12.8 Å². The average Bonchev–Trinajstić information content (AvgIpc) is 2.65. The average molecular weight is 373 g/mol. The Morgan fingerprint density at radius 3 is 2.27 bits per heavy atom. The second-order valence-corrected chi connectivity index (χ2v) is 6.26. The zero-order chi connectivity index (χ0) is 18.9. The lowest BCUT2D eigenvalue weighted by Crippen LogP contribution is -2.41. The summed E-state index contributed by atoms with van der Waals surface area (Å²) in [6.45, 7) is 2.10. The van der Waals surface area contributed by atoms with Gasteiger partial charge in [0, 0.05) is 18.4 Å². The van der Waals surface area contributed by atoms with Crippen LogP contribution < -0.4 is 10.9 Å². The van der Waals surface area contributed by atoms with Crippen LogP contribution >= 0.6 is 11.6 Å². The van der Waals surface area contributed by atoms with Crippen molar-refractivity contribution in [2.45, 2.75) is 32.6 Å². The number of hydrazine groups is 1. The van der Waals surface area contributed by atoms with Crippen molar-refractivity contribution in [3.8, 4) is 0 Å². The number of benzene rings is 2. The summed E-state index contributed by atoms with van der Waals surface area (Å²) in [6.07, 6.45) is 2.08. The van der Waals surface area contributed by atoms with Gasteiger partial charge in [0.05, 0.1) is 10.6 Å². The number of carbonyl (C=O) groups excluding carboxylic acids is 3. The number of amides is 2. The van der Waals surface area contributed by atoms with Gasteiger partial charge in [-0.05, 0) is 24.1 Å². The number of Topliss-reactive ketones (excluding diaryl/α,β-unsaturated/α-hetero) is 1. The monoisotopic (exact) mass is 372 g/mol. The Hall–Kier alpha value is -2.66. The normalized spacial score (nSPS) is 10.2. The lowest BCUT2D eigenvalue weighted by molar-refractivity contribution is -0.121. The fraction of sp³-hybridized carbons (Fsp3) is 0.250. The van der Waals surface area contributed by atoms with Gasteiger partial charge >= 0.3 is 0 Å². The molecule has 136 valence electrons. The molecule has 0 atom stereocenters. The van der Waals surface area contributed by atoms with Crippen molar-refractivity contribution in [2.75, 3.05) is 0 Å². The second-order valence-electron chi connectivity index (χ2n) is 5.85. The zero-order valence-corrected chi connectivity index (χ0v) is 15.3. The molecule has 2 aromatic rings. The molecule has 0 fully saturated rings. The second kappa shape index (κ2) is 9.73. The summed E-state index contributed by atoms with van der Waals surface area (Å²) < 4.78 is 0. The van der Waals surface area contributed by atoms with Crippen LogP contribution in [0, 0.1) is 0 Å². The molecule has 5 nitrogen and oxygen atoms in total. The highest BCUT2D eigenvalue weighted by atomic mass is 35.5. The SMILES string of the molecule is CCCc1ccc(C(=O)CCC(=O)NNC(=O)c2ccccc2Cl)cc1. The Balaban J connectivity index is 1.78. The molecule has 0 radical (unpaired) electrons. The Morgan fingerprint density at radius 1 is 0.923 bits per heavy atom. The first-order valence-electron chi connectivity index (χ1n) is 8.47. The summed E-state index contributed by atoms with van der Waals surface area (Å²) in [6, 6.07) is 13.9. The third-order valence-corrected chi connectivity index (χ3v) is 4.16. The zero-order valence-electron chi connectivity index (χ0n) is 14.5. The number of aryl methyl sites for hydroxylation is 1. The lowest BCUT2D eigenvalue weighted by atomic mass is 10.0. The van der Waals surface area contributed by atoms with Gasteiger partial charge in [0.15, 0.2) is 5.78 Å². The van der Waals surface area contributed by atoms with Gasteiger partial charge in [-0.15, -0.1) is 0 Å². The van der Waals surface area contributed by atoms with Gasteiger partial charge in [-0.1, -0.05) is 61.3 Å².